The lowest BCUT2D eigenvalue weighted by atomic mass is 10.0. The molecule has 1 heterocycles. The van der Waals surface area contributed by atoms with Crippen LogP contribution in [0.5, 0.6) is 0 Å². The molecule has 1 aromatic carbocycles. The number of nitrogens with one attached hydrogen (secondary N) is 1. The van der Waals surface area contributed by atoms with Crippen molar-refractivity contribution < 1.29 is 4.79 Å². The second kappa shape index (κ2) is 7.74. The molecule has 0 atom stereocenters. The molecule has 1 aromatic heterocycles. The first-order valence-corrected chi connectivity index (χ1v) is 9.06. The third-order valence-electron chi connectivity index (χ3n) is 3.09. The van der Waals surface area contributed by atoms with Crippen molar-refractivity contribution in [1.82, 2.24) is 10.2 Å². The van der Waals surface area contributed by atoms with E-state index in [9.17, 15) is 4.79 Å². The molecule has 0 aliphatic rings. The van der Waals surface area contributed by atoms with Crippen molar-refractivity contribution in [2.24, 2.45) is 5.92 Å². The molecule has 118 valence electrons. The molecule has 0 aliphatic carbocycles. The average Bonchev–Trinajstić information content (AvgIpc) is 2.93. The number of carbonyl (C=O) groups is 1. The highest BCUT2D eigenvalue weighted by molar-refractivity contribution is 8.01. The number of benzene rings is 1. The third kappa shape index (κ3) is 4.81. The van der Waals surface area contributed by atoms with E-state index in [0.29, 0.717) is 11.7 Å². The molecule has 0 aliphatic heterocycles. The van der Waals surface area contributed by atoms with Crippen LogP contribution in [0.1, 0.15) is 35.3 Å². The van der Waals surface area contributed by atoms with Crippen molar-refractivity contribution in [3.8, 4) is 0 Å². The molecule has 4 nitrogen and oxygen atoms in total. The second-order valence-electron chi connectivity index (χ2n) is 5.68. The minimum Gasteiger partial charge on any atom is -0.360 e. The molecule has 0 bridgehead atoms. The summed E-state index contributed by atoms with van der Waals surface area (Å²) in [4.78, 5) is 12.3. The number of hydrogen-bond acceptors (Lipinski definition) is 6. The predicted octanol–water partition coefficient (Wildman–Crippen LogP) is 4.20. The summed E-state index contributed by atoms with van der Waals surface area (Å²) in [5.74, 6) is 1.09. The summed E-state index contributed by atoms with van der Waals surface area (Å²) in [6.07, 6.45) is 0. The first kappa shape index (κ1) is 17.0. The van der Waals surface area contributed by atoms with Crippen LogP contribution in [0.3, 0.4) is 0 Å². The van der Waals surface area contributed by atoms with E-state index in [-0.39, 0.29) is 5.78 Å². The number of ketones is 1. The molecule has 0 fully saturated rings. The average molecular weight is 335 g/mol. The third-order valence-corrected chi connectivity index (χ3v) is 5.10. The standard InChI is InChI=1S/C16H21N3OS2/c1-10(2)8-17-15-18-19-16(22-15)21-9-14(20)13-7-11(3)5-6-12(13)4/h5-7,10H,8-9H2,1-4H3,(H,17,18). The topological polar surface area (TPSA) is 54.9 Å². The number of hydrogen-bond donors (Lipinski definition) is 1. The molecule has 6 heteroatoms. The maximum absolute atomic E-state index is 12.3. The molecule has 0 radical (unpaired) electrons. The molecular formula is C16H21N3OS2. The van der Waals surface area contributed by atoms with Gasteiger partial charge in [-0.2, -0.15) is 0 Å². The molecule has 1 N–H and O–H groups in total. The highest BCUT2D eigenvalue weighted by Crippen LogP contribution is 2.26. The SMILES string of the molecule is Cc1ccc(C)c(C(=O)CSc2nnc(NCC(C)C)s2)c1. The predicted molar refractivity (Wildman–Crippen MR) is 94.2 cm³/mol. The Morgan fingerprint density at radius 1 is 1.32 bits per heavy atom. The van der Waals surface area contributed by atoms with Crippen molar-refractivity contribution in [2.45, 2.75) is 32.0 Å². The van der Waals surface area contributed by atoms with Crippen molar-refractivity contribution in [1.29, 1.82) is 0 Å². The van der Waals surface area contributed by atoms with Crippen molar-refractivity contribution in [3.63, 3.8) is 0 Å². The fourth-order valence-corrected chi connectivity index (χ4v) is 3.51. The molecule has 0 saturated carbocycles. The number of anilines is 1. The highest BCUT2D eigenvalue weighted by Gasteiger charge is 2.12. The molecule has 0 unspecified atom stereocenters. The normalized spacial score (nSPS) is 11.0. The number of rotatable bonds is 7. The zero-order valence-corrected chi connectivity index (χ0v) is 15.0. The van der Waals surface area contributed by atoms with E-state index >= 15 is 0 Å². The smallest absolute Gasteiger partial charge is 0.206 e. The van der Waals surface area contributed by atoms with Crippen LogP contribution in [0, 0.1) is 19.8 Å². The van der Waals surface area contributed by atoms with Crippen LogP contribution >= 0.6 is 23.1 Å². The Bertz CT molecular complexity index is 653. The van der Waals surface area contributed by atoms with E-state index < -0.39 is 0 Å². The van der Waals surface area contributed by atoms with Crippen LogP contribution < -0.4 is 5.32 Å². The Morgan fingerprint density at radius 3 is 2.82 bits per heavy atom. The number of Topliss-reactive ketones (excluding diaryl/α,β-unsaturated/α-hetero) is 1. The van der Waals surface area contributed by atoms with Crippen LogP contribution in [-0.4, -0.2) is 28.3 Å². The van der Waals surface area contributed by atoms with E-state index in [1.807, 2.05) is 32.0 Å². The zero-order valence-electron chi connectivity index (χ0n) is 13.3. The van der Waals surface area contributed by atoms with E-state index in [1.54, 1.807) is 0 Å². The maximum atomic E-state index is 12.3. The lowest BCUT2D eigenvalue weighted by molar-refractivity contribution is 0.102. The Morgan fingerprint density at radius 2 is 2.09 bits per heavy atom. The summed E-state index contributed by atoms with van der Waals surface area (Å²) < 4.78 is 0.824. The van der Waals surface area contributed by atoms with Gasteiger partial charge in [0.15, 0.2) is 10.1 Å². The van der Waals surface area contributed by atoms with Gasteiger partial charge < -0.3 is 5.32 Å². The quantitative estimate of drug-likeness (QED) is 0.607. The van der Waals surface area contributed by atoms with Gasteiger partial charge in [-0.1, -0.05) is 54.6 Å². The lowest BCUT2D eigenvalue weighted by Gasteiger charge is -2.05. The van der Waals surface area contributed by atoms with Crippen LogP contribution in [0.15, 0.2) is 22.5 Å². The maximum Gasteiger partial charge on any atom is 0.206 e. The minimum atomic E-state index is 0.137. The molecule has 2 rings (SSSR count). The second-order valence-corrected chi connectivity index (χ2v) is 7.88. The van der Waals surface area contributed by atoms with Gasteiger partial charge in [0.2, 0.25) is 5.13 Å². The molecule has 22 heavy (non-hydrogen) atoms. The van der Waals surface area contributed by atoms with Gasteiger partial charge in [-0.15, -0.1) is 10.2 Å². The van der Waals surface area contributed by atoms with Crippen molar-refractivity contribution >= 4 is 34.0 Å². The summed E-state index contributed by atoms with van der Waals surface area (Å²) in [6, 6.07) is 5.97. The van der Waals surface area contributed by atoms with Gasteiger partial charge in [0.25, 0.3) is 0 Å². The van der Waals surface area contributed by atoms with Gasteiger partial charge in [0.05, 0.1) is 5.75 Å². The van der Waals surface area contributed by atoms with E-state index in [0.717, 1.165) is 32.7 Å². The fraction of sp³-hybridized carbons (Fsp3) is 0.438. The van der Waals surface area contributed by atoms with Gasteiger partial charge in [0, 0.05) is 12.1 Å². The fourth-order valence-electron chi connectivity index (χ4n) is 1.87. The summed E-state index contributed by atoms with van der Waals surface area (Å²) in [5.41, 5.74) is 2.93. The zero-order chi connectivity index (χ0) is 16.1. The van der Waals surface area contributed by atoms with Crippen LogP contribution in [0.2, 0.25) is 0 Å². The monoisotopic (exact) mass is 335 g/mol. The number of aryl methyl sites for hydroxylation is 2. The van der Waals surface area contributed by atoms with Crippen LogP contribution in [0.4, 0.5) is 5.13 Å². The number of aromatic nitrogens is 2. The first-order chi connectivity index (χ1) is 10.5. The molecule has 0 spiro atoms. The first-order valence-electron chi connectivity index (χ1n) is 7.26. The van der Waals surface area contributed by atoms with Crippen LogP contribution in [0.25, 0.3) is 0 Å². The summed E-state index contributed by atoms with van der Waals surface area (Å²) in [6.45, 7) is 9.14. The van der Waals surface area contributed by atoms with Gasteiger partial charge >= 0.3 is 0 Å². The molecular weight excluding hydrogens is 314 g/mol. The lowest BCUT2D eigenvalue weighted by Crippen LogP contribution is -2.07. The van der Waals surface area contributed by atoms with Crippen molar-refractivity contribution in [3.05, 3.63) is 34.9 Å². The Kier molecular flexibility index (Phi) is 5.97. The Hall–Kier alpha value is -1.40. The molecule has 2 aromatic rings. The number of carbonyl (C=O) groups excluding carboxylic acids is 1. The largest absolute Gasteiger partial charge is 0.360 e. The minimum absolute atomic E-state index is 0.137. The number of thioether (sulfide) groups is 1. The van der Waals surface area contributed by atoms with Gasteiger partial charge in [-0.05, 0) is 31.4 Å². The van der Waals surface area contributed by atoms with E-state index in [4.69, 9.17) is 0 Å². The summed E-state index contributed by atoms with van der Waals surface area (Å²) in [5, 5.41) is 12.3. The molecule has 0 saturated heterocycles. The highest BCUT2D eigenvalue weighted by atomic mass is 32.2. The Balaban J connectivity index is 1.92. The van der Waals surface area contributed by atoms with Gasteiger partial charge in [0.1, 0.15) is 0 Å². The molecule has 0 amide bonds. The summed E-state index contributed by atoms with van der Waals surface area (Å²) >= 11 is 2.95. The van der Waals surface area contributed by atoms with E-state index in [1.165, 1.54) is 23.1 Å². The van der Waals surface area contributed by atoms with Crippen molar-refractivity contribution in [2.75, 3.05) is 17.6 Å². The van der Waals surface area contributed by atoms with Gasteiger partial charge in [-0.3, -0.25) is 4.79 Å². The Labute approximate surface area is 139 Å². The van der Waals surface area contributed by atoms with Gasteiger partial charge in [-0.25, -0.2) is 0 Å². The number of nitrogens with zero attached hydrogens (tertiary/aromatic N) is 2. The summed E-state index contributed by atoms with van der Waals surface area (Å²) in [7, 11) is 0. The van der Waals surface area contributed by atoms with Crippen LogP contribution in [-0.2, 0) is 0 Å². The van der Waals surface area contributed by atoms with E-state index in [2.05, 4.69) is 29.4 Å².